The molecule has 1 aromatic heterocycles. The number of fused-ring (bicyclic) bond motifs is 1. The molecule has 0 saturated heterocycles. The highest BCUT2D eigenvalue weighted by molar-refractivity contribution is 9.10. The number of hydrogen-bond donors (Lipinski definition) is 1. The first kappa shape index (κ1) is 12.9. The van der Waals surface area contributed by atoms with Crippen LogP contribution in [0.15, 0.2) is 46.9 Å². The van der Waals surface area contributed by atoms with Crippen LogP contribution in [0.3, 0.4) is 0 Å². The molecule has 0 atom stereocenters. The molecule has 1 heterocycles. The molecule has 0 bridgehead atoms. The van der Waals surface area contributed by atoms with Crippen LogP contribution in [0.25, 0.3) is 10.8 Å². The average molecular weight is 330 g/mol. The van der Waals surface area contributed by atoms with E-state index in [9.17, 15) is 0 Å². The Balaban J connectivity index is 1.96. The Morgan fingerprint density at radius 1 is 1.00 bits per heavy atom. The molecule has 0 amide bonds. The highest BCUT2D eigenvalue weighted by atomic mass is 79.9. The molecule has 0 spiro atoms. The molecule has 5 heteroatoms. The van der Waals surface area contributed by atoms with Gasteiger partial charge in [0.05, 0.1) is 0 Å². The number of nitrogens with two attached hydrogens (primary N) is 1. The van der Waals surface area contributed by atoms with E-state index in [-0.39, 0.29) is 5.95 Å². The fourth-order valence-corrected chi connectivity index (χ4v) is 2.37. The molecule has 2 aromatic carbocycles. The third-order valence-corrected chi connectivity index (χ3v) is 3.34. The van der Waals surface area contributed by atoms with Gasteiger partial charge in [0.2, 0.25) is 11.8 Å². The molecule has 2 N–H and O–H groups in total. The van der Waals surface area contributed by atoms with Gasteiger partial charge >= 0.3 is 0 Å². The van der Waals surface area contributed by atoms with Crippen molar-refractivity contribution >= 4 is 32.7 Å². The minimum atomic E-state index is 0.213. The van der Waals surface area contributed by atoms with Gasteiger partial charge in [0.15, 0.2) is 0 Å². The molecule has 0 fully saturated rings. The number of anilines is 1. The normalized spacial score (nSPS) is 10.7. The summed E-state index contributed by atoms with van der Waals surface area (Å²) in [6, 6.07) is 13.7. The fourth-order valence-electron chi connectivity index (χ4n) is 1.99. The van der Waals surface area contributed by atoms with E-state index >= 15 is 0 Å². The lowest BCUT2D eigenvalue weighted by Gasteiger charge is -2.07. The molecule has 0 aliphatic carbocycles. The number of ether oxygens (including phenoxy) is 1. The van der Waals surface area contributed by atoms with E-state index < -0.39 is 0 Å². The van der Waals surface area contributed by atoms with Crippen LogP contribution < -0.4 is 10.5 Å². The number of nitrogen functional groups attached to an aromatic ring is 1. The van der Waals surface area contributed by atoms with Crippen LogP contribution in [-0.2, 0) is 0 Å². The predicted molar refractivity (Wildman–Crippen MR) is 82.9 cm³/mol. The third kappa shape index (κ3) is 2.72. The van der Waals surface area contributed by atoms with Gasteiger partial charge in [-0.25, -0.2) is 4.98 Å². The van der Waals surface area contributed by atoms with Gasteiger partial charge in [0.1, 0.15) is 5.75 Å². The second-order valence-electron chi connectivity index (χ2n) is 4.46. The lowest BCUT2D eigenvalue weighted by molar-refractivity contribution is 0.462. The van der Waals surface area contributed by atoms with Crippen LogP contribution in [0.1, 0.15) is 5.69 Å². The first-order valence-electron chi connectivity index (χ1n) is 6.08. The topological polar surface area (TPSA) is 61.0 Å². The number of hydrogen-bond acceptors (Lipinski definition) is 4. The highest BCUT2D eigenvalue weighted by Crippen LogP contribution is 2.27. The Kier molecular flexibility index (Phi) is 3.28. The fraction of sp³-hybridized carbons (Fsp3) is 0.0667. The number of benzene rings is 2. The van der Waals surface area contributed by atoms with Crippen LogP contribution in [-0.4, -0.2) is 9.97 Å². The maximum Gasteiger partial charge on any atom is 0.224 e. The van der Waals surface area contributed by atoms with Crippen molar-refractivity contribution in [3.8, 4) is 11.6 Å². The number of rotatable bonds is 2. The molecule has 0 saturated carbocycles. The van der Waals surface area contributed by atoms with Crippen molar-refractivity contribution in [3.05, 3.63) is 52.6 Å². The van der Waals surface area contributed by atoms with Gasteiger partial charge in [-0.05, 0) is 42.0 Å². The molecule has 0 unspecified atom stereocenters. The summed E-state index contributed by atoms with van der Waals surface area (Å²) >= 11 is 3.46. The molecule has 3 aromatic rings. The minimum absolute atomic E-state index is 0.213. The average Bonchev–Trinajstić information content (AvgIpc) is 2.38. The Bertz CT molecular complexity index is 769. The third-order valence-electron chi connectivity index (χ3n) is 2.84. The molecule has 0 aliphatic heterocycles. The number of aryl methyl sites for hydroxylation is 1. The zero-order valence-electron chi connectivity index (χ0n) is 10.8. The number of aromatic nitrogens is 2. The minimum Gasteiger partial charge on any atom is -0.439 e. The second kappa shape index (κ2) is 5.09. The SMILES string of the molecule is Cc1cc(Oc2ccc3cc(Br)ccc3c2)nc(N)n1. The molecule has 0 radical (unpaired) electrons. The van der Waals surface area contributed by atoms with Gasteiger partial charge in [-0.1, -0.05) is 28.1 Å². The molecule has 4 nitrogen and oxygen atoms in total. The van der Waals surface area contributed by atoms with Crippen LogP contribution in [0.4, 0.5) is 5.95 Å². The molecule has 0 aliphatic rings. The highest BCUT2D eigenvalue weighted by Gasteiger charge is 2.03. The Morgan fingerprint density at radius 2 is 1.75 bits per heavy atom. The molecule has 20 heavy (non-hydrogen) atoms. The zero-order chi connectivity index (χ0) is 14.1. The van der Waals surface area contributed by atoms with E-state index in [1.165, 1.54) is 0 Å². The maximum absolute atomic E-state index is 5.74. The summed E-state index contributed by atoms with van der Waals surface area (Å²) < 4.78 is 6.79. The summed E-state index contributed by atoms with van der Waals surface area (Å²) in [7, 11) is 0. The van der Waals surface area contributed by atoms with E-state index in [0.29, 0.717) is 5.88 Å². The van der Waals surface area contributed by atoms with Gasteiger partial charge in [0.25, 0.3) is 0 Å². The van der Waals surface area contributed by atoms with E-state index in [1.807, 2.05) is 37.3 Å². The first-order chi connectivity index (χ1) is 9.60. The summed E-state index contributed by atoms with van der Waals surface area (Å²) in [5.41, 5.74) is 6.39. The standard InChI is InChI=1S/C15H12BrN3O/c1-9-6-14(19-15(17)18-9)20-13-5-3-10-7-12(16)4-2-11(10)8-13/h2-8H,1H3,(H2,17,18,19). The van der Waals surface area contributed by atoms with Crippen molar-refractivity contribution in [2.75, 3.05) is 5.73 Å². The van der Waals surface area contributed by atoms with Crippen molar-refractivity contribution in [1.29, 1.82) is 0 Å². The zero-order valence-corrected chi connectivity index (χ0v) is 12.4. The van der Waals surface area contributed by atoms with Gasteiger partial charge in [0, 0.05) is 16.2 Å². The van der Waals surface area contributed by atoms with Gasteiger partial charge in [-0.3, -0.25) is 0 Å². The summed E-state index contributed by atoms with van der Waals surface area (Å²) in [6.07, 6.45) is 0. The van der Waals surface area contributed by atoms with Gasteiger partial charge < -0.3 is 10.5 Å². The van der Waals surface area contributed by atoms with Crippen molar-refractivity contribution in [3.63, 3.8) is 0 Å². The largest absolute Gasteiger partial charge is 0.439 e. The lowest BCUT2D eigenvalue weighted by atomic mass is 10.1. The first-order valence-corrected chi connectivity index (χ1v) is 6.88. The van der Waals surface area contributed by atoms with Crippen LogP contribution in [0, 0.1) is 6.92 Å². The summed E-state index contributed by atoms with van der Waals surface area (Å²) in [5, 5.41) is 2.24. The quantitative estimate of drug-likeness (QED) is 0.769. The summed E-state index contributed by atoms with van der Waals surface area (Å²) in [6.45, 7) is 1.85. The summed E-state index contributed by atoms with van der Waals surface area (Å²) in [4.78, 5) is 8.08. The molecule has 3 rings (SSSR count). The Labute approximate surface area is 124 Å². The van der Waals surface area contributed by atoms with Gasteiger partial charge in [-0.2, -0.15) is 4.98 Å². The molecular formula is C15H12BrN3O. The van der Waals surface area contributed by atoms with Crippen LogP contribution in [0.5, 0.6) is 11.6 Å². The molecular weight excluding hydrogens is 318 g/mol. The number of nitrogens with zero attached hydrogens (tertiary/aromatic N) is 2. The van der Waals surface area contributed by atoms with E-state index in [0.717, 1.165) is 26.7 Å². The Hall–Kier alpha value is -2.14. The monoisotopic (exact) mass is 329 g/mol. The smallest absolute Gasteiger partial charge is 0.224 e. The molecule has 100 valence electrons. The van der Waals surface area contributed by atoms with E-state index in [1.54, 1.807) is 6.07 Å². The second-order valence-corrected chi connectivity index (χ2v) is 5.38. The van der Waals surface area contributed by atoms with Crippen molar-refractivity contribution in [2.24, 2.45) is 0 Å². The Morgan fingerprint density at radius 3 is 2.55 bits per heavy atom. The summed E-state index contributed by atoms with van der Waals surface area (Å²) in [5.74, 6) is 1.38. The lowest BCUT2D eigenvalue weighted by Crippen LogP contribution is -1.98. The van der Waals surface area contributed by atoms with E-state index in [4.69, 9.17) is 10.5 Å². The number of halogens is 1. The van der Waals surface area contributed by atoms with Crippen molar-refractivity contribution in [2.45, 2.75) is 6.92 Å². The van der Waals surface area contributed by atoms with E-state index in [2.05, 4.69) is 32.0 Å². The van der Waals surface area contributed by atoms with Crippen LogP contribution in [0.2, 0.25) is 0 Å². The van der Waals surface area contributed by atoms with Crippen molar-refractivity contribution in [1.82, 2.24) is 9.97 Å². The van der Waals surface area contributed by atoms with Crippen molar-refractivity contribution < 1.29 is 4.74 Å². The van der Waals surface area contributed by atoms with Crippen LogP contribution >= 0.6 is 15.9 Å². The van der Waals surface area contributed by atoms with Gasteiger partial charge in [-0.15, -0.1) is 0 Å². The maximum atomic E-state index is 5.74. The predicted octanol–water partition coefficient (Wildman–Crippen LogP) is 4.08.